The largest absolute Gasteiger partial charge is 0.481 e. The van der Waals surface area contributed by atoms with Gasteiger partial charge in [0.15, 0.2) is 12.0 Å². The molecule has 0 aliphatic heterocycles. The van der Waals surface area contributed by atoms with Gasteiger partial charge in [0.05, 0.1) is 12.7 Å². The van der Waals surface area contributed by atoms with E-state index in [-0.39, 0.29) is 38.2 Å². The molecule has 0 radical (unpaired) electrons. The third-order valence-electron chi connectivity index (χ3n) is 9.09. The van der Waals surface area contributed by atoms with E-state index in [1.165, 1.54) is 0 Å². The Kier molecular flexibility index (Phi) is 18.2. The molecule has 0 spiro atoms. The molecule has 7 atom stereocenters. The molecule has 21 heteroatoms. The van der Waals surface area contributed by atoms with Crippen molar-refractivity contribution < 1.29 is 54.0 Å². The summed E-state index contributed by atoms with van der Waals surface area (Å²) < 4.78 is 0. The van der Waals surface area contributed by atoms with Crippen LogP contribution in [0, 0.1) is 0 Å². The standard InChI is InChI=1S/C38H52N10O11/c1-20(50)31(37(58)59)48-34(55)26(12-7-15-42-38(40)41)44-35(56)28(16-21-8-3-2-4-9-21)47-33(54)27(13-14-30(51)52)45-36(57)29(46-32(53)24(39)19-49)17-22-18-43-25-11-6-5-10-23(22)25/h2-6,8-11,18,20,24,26-29,31,43,49-50H,7,12-17,19,39H2,1H3,(H,44,56)(H,45,57)(H,46,53)(H,47,54)(H,48,55)(H,51,52)(H,58,59)(H4,40,41,42)/t20-,24+,26+,27+,28+,29+,31+/m1/s1. The quantitative estimate of drug-likeness (QED) is 0.0245. The van der Waals surface area contributed by atoms with Gasteiger partial charge < -0.3 is 69.2 Å². The van der Waals surface area contributed by atoms with Crippen LogP contribution >= 0.6 is 0 Å². The summed E-state index contributed by atoms with van der Waals surface area (Å²) in [6, 6.07) is 6.56. The van der Waals surface area contributed by atoms with Crippen molar-refractivity contribution in [2.24, 2.45) is 22.2 Å². The van der Waals surface area contributed by atoms with Crippen LogP contribution in [-0.4, -0.2) is 128 Å². The number of carbonyl (C=O) groups excluding carboxylic acids is 5. The summed E-state index contributed by atoms with van der Waals surface area (Å²) in [5.41, 5.74) is 18.4. The summed E-state index contributed by atoms with van der Waals surface area (Å²) in [6.45, 7) is 0.448. The first-order chi connectivity index (χ1) is 28.0. The first-order valence-corrected chi connectivity index (χ1v) is 18.7. The minimum absolute atomic E-state index is 0.0313. The van der Waals surface area contributed by atoms with Crippen LogP contribution in [0.15, 0.2) is 65.8 Å². The third-order valence-corrected chi connectivity index (χ3v) is 9.09. The van der Waals surface area contributed by atoms with E-state index in [9.17, 15) is 54.0 Å². The van der Waals surface area contributed by atoms with Crippen molar-refractivity contribution in [3.63, 3.8) is 0 Å². The molecule has 0 saturated heterocycles. The molecule has 0 aliphatic carbocycles. The molecule has 0 fully saturated rings. The van der Waals surface area contributed by atoms with Gasteiger partial charge in [0, 0.05) is 42.9 Å². The maximum atomic E-state index is 14.0. The van der Waals surface area contributed by atoms with Crippen LogP contribution in [-0.2, 0) is 46.4 Å². The minimum atomic E-state index is -1.73. The van der Waals surface area contributed by atoms with Gasteiger partial charge in [0.25, 0.3) is 0 Å². The Bertz CT molecular complexity index is 1950. The van der Waals surface area contributed by atoms with Gasteiger partial charge in [-0.3, -0.25) is 33.8 Å². The number of aromatic amines is 1. The Labute approximate surface area is 338 Å². The average Bonchev–Trinajstić information content (AvgIpc) is 3.60. The number of aliphatic imine (C=N–C) groups is 1. The predicted molar refractivity (Wildman–Crippen MR) is 213 cm³/mol. The first kappa shape index (κ1) is 46.8. The Balaban J connectivity index is 1.94. The molecule has 59 heavy (non-hydrogen) atoms. The molecule has 3 rings (SSSR count). The number of nitrogens with zero attached hydrogens (tertiary/aromatic N) is 1. The number of carboxylic acids is 2. The number of nitrogens with one attached hydrogen (secondary N) is 6. The van der Waals surface area contributed by atoms with Gasteiger partial charge in [-0.2, -0.15) is 0 Å². The zero-order valence-corrected chi connectivity index (χ0v) is 32.3. The highest BCUT2D eigenvalue weighted by Gasteiger charge is 2.34. The molecular formula is C38H52N10O11. The monoisotopic (exact) mass is 824 g/mol. The fraction of sp³-hybridized carbons (Fsp3) is 0.421. The third kappa shape index (κ3) is 15.0. The number of benzene rings is 2. The van der Waals surface area contributed by atoms with E-state index < -0.39 is 103 Å². The van der Waals surface area contributed by atoms with Crippen molar-refractivity contribution in [3.8, 4) is 0 Å². The number of fused-ring (bicyclic) bond motifs is 1. The second kappa shape index (κ2) is 23.0. The molecule has 5 amide bonds. The number of aliphatic carboxylic acids is 2. The molecule has 16 N–H and O–H groups in total. The van der Waals surface area contributed by atoms with Crippen LogP contribution < -0.4 is 43.8 Å². The number of hydrogen-bond acceptors (Lipinski definition) is 11. The van der Waals surface area contributed by atoms with Gasteiger partial charge >= 0.3 is 11.9 Å². The first-order valence-electron chi connectivity index (χ1n) is 18.7. The van der Waals surface area contributed by atoms with Gasteiger partial charge in [0.1, 0.15) is 30.2 Å². The van der Waals surface area contributed by atoms with E-state index in [4.69, 9.17) is 17.2 Å². The number of aliphatic hydroxyl groups excluding tert-OH is 2. The lowest BCUT2D eigenvalue weighted by Gasteiger charge is -2.27. The van der Waals surface area contributed by atoms with Gasteiger partial charge in [-0.15, -0.1) is 0 Å². The molecule has 3 aromatic rings. The van der Waals surface area contributed by atoms with Gasteiger partial charge in [-0.1, -0.05) is 48.5 Å². The number of aliphatic hydroxyl groups is 2. The van der Waals surface area contributed by atoms with Gasteiger partial charge in [-0.05, 0) is 43.4 Å². The number of guanidine groups is 1. The van der Waals surface area contributed by atoms with E-state index in [1.54, 1.807) is 60.8 Å². The molecule has 2 aromatic carbocycles. The highest BCUT2D eigenvalue weighted by Crippen LogP contribution is 2.19. The van der Waals surface area contributed by atoms with E-state index >= 15 is 0 Å². The van der Waals surface area contributed by atoms with E-state index in [2.05, 4.69) is 36.6 Å². The fourth-order valence-corrected chi connectivity index (χ4v) is 5.92. The summed E-state index contributed by atoms with van der Waals surface area (Å²) in [5, 5.41) is 51.4. The van der Waals surface area contributed by atoms with Crippen molar-refractivity contribution >= 4 is 58.3 Å². The number of rotatable bonds is 24. The Hall–Kier alpha value is -6.58. The lowest BCUT2D eigenvalue weighted by Crippen LogP contribution is -2.60. The number of amides is 5. The predicted octanol–water partition coefficient (Wildman–Crippen LogP) is -2.92. The second-order valence-corrected chi connectivity index (χ2v) is 13.7. The molecule has 1 aromatic heterocycles. The van der Waals surface area contributed by atoms with E-state index in [1.807, 2.05) is 0 Å². The molecule has 0 unspecified atom stereocenters. The number of carboxylic acid groups (broad SMARTS) is 2. The highest BCUT2D eigenvalue weighted by atomic mass is 16.4. The van der Waals surface area contributed by atoms with Crippen molar-refractivity contribution in [1.29, 1.82) is 0 Å². The summed E-state index contributed by atoms with van der Waals surface area (Å²) in [5.74, 6) is -7.75. The Morgan fingerprint density at radius 2 is 1.27 bits per heavy atom. The van der Waals surface area contributed by atoms with Gasteiger partial charge in [0.2, 0.25) is 29.5 Å². The molecule has 0 saturated carbocycles. The zero-order valence-electron chi connectivity index (χ0n) is 32.3. The fourth-order valence-electron chi connectivity index (χ4n) is 5.92. The maximum absolute atomic E-state index is 14.0. The maximum Gasteiger partial charge on any atom is 0.328 e. The van der Waals surface area contributed by atoms with Crippen LogP contribution in [0.25, 0.3) is 10.9 Å². The Morgan fingerprint density at radius 1 is 0.729 bits per heavy atom. The van der Waals surface area contributed by atoms with E-state index in [0.29, 0.717) is 11.1 Å². The van der Waals surface area contributed by atoms with Crippen LogP contribution in [0.3, 0.4) is 0 Å². The van der Waals surface area contributed by atoms with Crippen molar-refractivity contribution in [2.45, 2.75) is 87.8 Å². The summed E-state index contributed by atoms with van der Waals surface area (Å²) >= 11 is 0. The van der Waals surface area contributed by atoms with Crippen LogP contribution in [0.4, 0.5) is 0 Å². The Morgan fingerprint density at radius 3 is 1.86 bits per heavy atom. The molecular weight excluding hydrogens is 772 g/mol. The molecule has 1 heterocycles. The van der Waals surface area contributed by atoms with Crippen molar-refractivity contribution in [2.75, 3.05) is 13.2 Å². The number of aromatic nitrogens is 1. The molecule has 21 nitrogen and oxygen atoms in total. The number of H-pyrrole nitrogens is 1. The lowest BCUT2D eigenvalue weighted by molar-refractivity contribution is -0.145. The number of hydrogen-bond donors (Lipinski definition) is 13. The second-order valence-electron chi connectivity index (χ2n) is 13.7. The van der Waals surface area contributed by atoms with Crippen molar-refractivity contribution in [3.05, 3.63) is 71.9 Å². The smallest absolute Gasteiger partial charge is 0.328 e. The number of carbonyl (C=O) groups is 7. The molecule has 0 bridgehead atoms. The average molecular weight is 825 g/mol. The van der Waals surface area contributed by atoms with Crippen molar-refractivity contribution in [1.82, 2.24) is 31.6 Å². The van der Waals surface area contributed by atoms with Crippen LogP contribution in [0.2, 0.25) is 0 Å². The summed E-state index contributed by atoms with van der Waals surface area (Å²) in [7, 11) is 0. The highest BCUT2D eigenvalue weighted by molar-refractivity contribution is 5.97. The molecule has 320 valence electrons. The zero-order chi connectivity index (χ0) is 43.6. The molecule has 0 aliphatic rings. The van der Waals surface area contributed by atoms with Crippen LogP contribution in [0.1, 0.15) is 43.7 Å². The lowest BCUT2D eigenvalue weighted by atomic mass is 10.0. The summed E-state index contributed by atoms with van der Waals surface area (Å²) in [4.78, 5) is 98.5. The van der Waals surface area contributed by atoms with Crippen LogP contribution in [0.5, 0.6) is 0 Å². The van der Waals surface area contributed by atoms with Gasteiger partial charge in [-0.25, -0.2) is 4.79 Å². The number of nitrogens with two attached hydrogens (primary N) is 3. The minimum Gasteiger partial charge on any atom is -0.481 e. The topological polar surface area (TPSA) is 367 Å². The number of para-hydroxylation sites is 1. The SMILES string of the molecule is C[C@@H](O)[C@H](NC(=O)[C@H](CCCN=C(N)N)NC(=O)[C@H](Cc1ccccc1)NC(=O)[C@H](CCC(=O)O)NC(=O)[C@H](Cc1c[nH]c2ccccc12)NC(=O)[C@@H](N)CO)C(=O)O. The summed E-state index contributed by atoms with van der Waals surface area (Å²) in [6.07, 6.45) is -1.21. The van der Waals surface area contributed by atoms with E-state index in [0.717, 1.165) is 17.8 Å². The normalized spacial score (nSPS) is 14.6.